The van der Waals surface area contributed by atoms with E-state index in [1.54, 1.807) is 0 Å². The minimum atomic E-state index is -7.00. The molecule has 0 aromatic heterocycles. The highest BCUT2D eigenvalue weighted by Gasteiger charge is 2.83. The molecule has 41 heavy (non-hydrogen) atoms. The van der Waals surface area contributed by atoms with Gasteiger partial charge in [-0.1, -0.05) is 61.0 Å². The molecule has 0 amide bonds. The fraction of sp³-hybridized carbons (Fsp3) is 0.308. The van der Waals surface area contributed by atoms with Crippen molar-refractivity contribution in [3.8, 4) is 0 Å². The van der Waals surface area contributed by atoms with Gasteiger partial charge in [0.1, 0.15) is 0 Å². The van der Waals surface area contributed by atoms with Crippen molar-refractivity contribution >= 4 is 30.5 Å². The Balaban J connectivity index is 1.90. The van der Waals surface area contributed by atoms with Crippen LogP contribution in [0.25, 0.3) is 0 Å². The molecule has 1 aliphatic rings. The summed E-state index contributed by atoms with van der Waals surface area (Å²) in [5.41, 5.74) is 0. The Morgan fingerprint density at radius 1 is 0.561 bits per heavy atom. The third-order valence-corrected chi connectivity index (χ3v) is 13.6. The van der Waals surface area contributed by atoms with Crippen LogP contribution in [0.3, 0.4) is 0 Å². The summed E-state index contributed by atoms with van der Waals surface area (Å²) in [6, 6.07) is 21.0. The average Bonchev–Trinajstić information content (AvgIpc) is 2.97. The molecule has 0 N–H and O–H groups in total. The van der Waals surface area contributed by atoms with Crippen LogP contribution in [-0.4, -0.2) is 50.7 Å². The number of sulfonamides is 1. The zero-order valence-electron chi connectivity index (χ0n) is 21.2. The van der Waals surface area contributed by atoms with E-state index in [4.69, 9.17) is 3.63 Å². The molecule has 1 heterocycles. The van der Waals surface area contributed by atoms with Gasteiger partial charge in [0.2, 0.25) is 0 Å². The molecular weight excluding hydrogens is 616 g/mol. The largest absolute Gasteiger partial charge is 0.440 e. The average molecular weight is 642 g/mol. The van der Waals surface area contributed by atoms with Crippen LogP contribution in [0.5, 0.6) is 0 Å². The summed E-state index contributed by atoms with van der Waals surface area (Å²) in [5.74, 6) is -6.93. The third kappa shape index (κ3) is 5.15. The zero-order valence-corrected chi connectivity index (χ0v) is 23.6. The van der Waals surface area contributed by atoms with Crippen LogP contribution in [-0.2, 0) is 23.8 Å². The molecule has 6 nitrogen and oxygen atoms in total. The first-order valence-electron chi connectivity index (χ1n) is 12.2. The van der Waals surface area contributed by atoms with Crippen molar-refractivity contribution in [3.63, 3.8) is 0 Å². The van der Waals surface area contributed by atoms with Crippen molar-refractivity contribution in [2.45, 2.75) is 50.4 Å². The highest BCUT2D eigenvalue weighted by molar-refractivity contribution is 8.33. The minimum Gasteiger partial charge on any atom is -0.206 e. The molecule has 15 heteroatoms. The van der Waals surface area contributed by atoms with Gasteiger partial charge in [-0.05, 0) is 59.5 Å². The number of hydrogen-bond donors (Lipinski definition) is 0. The molecule has 0 unspecified atom stereocenters. The molecule has 0 saturated carbocycles. The van der Waals surface area contributed by atoms with Gasteiger partial charge in [-0.3, -0.25) is 0 Å². The van der Waals surface area contributed by atoms with Gasteiger partial charge in [0.25, 0.3) is 10.0 Å². The van der Waals surface area contributed by atoms with Crippen LogP contribution in [0.1, 0.15) is 19.3 Å². The molecule has 0 atom stereocenters. The second-order valence-electron chi connectivity index (χ2n) is 9.09. The number of rotatable bonds is 10. The highest BCUT2D eigenvalue weighted by Crippen LogP contribution is 2.71. The van der Waals surface area contributed by atoms with Crippen molar-refractivity contribution in [1.29, 1.82) is 0 Å². The van der Waals surface area contributed by atoms with Gasteiger partial charge in [0.15, 0.2) is 0 Å². The molecule has 3 aromatic rings. The summed E-state index contributed by atoms with van der Waals surface area (Å²) in [7, 11) is -17.3. The van der Waals surface area contributed by atoms with E-state index >= 15 is 26.3 Å². The Bertz CT molecular complexity index is 1460. The summed E-state index contributed by atoms with van der Waals surface area (Å²) < 4.78 is 148. The fourth-order valence-electron chi connectivity index (χ4n) is 4.30. The molecule has 224 valence electrons. The Morgan fingerprint density at radius 2 is 0.927 bits per heavy atom. The summed E-state index contributed by atoms with van der Waals surface area (Å²) >= 11 is 0. The summed E-state index contributed by atoms with van der Waals surface area (Å²) in [4.78, 5) is -0.103. The predicted octanol–water partition coefficient (Wildman–Crippen LogP) is 6.87. The SMILES string of the molecule is O=S(=O)(OS(c1ccccc1)(c1ccccc1)c1ccccc1)C(F)(F)C(F)(F)C(F)(F)S(=O)(=O)N1CCCCC1. The Hall–Kier alpha value is -2.59. The van der Waals surface area contributed by atoms with E-state index in [0.717, 1.165) is 0 Å². The lowest BCUT2D eigenvalue weighted by molar-refractivity contribution is -0.246. The first kappa shape index (κ1) is 31.3. The maximum atomic E-state index is 15.4. The normalized spacial score (nSPS) is 16.8. The van der Waals surface area contributed by atoms with Crippen LogP contribution in [0.2, 0.25) is 0 Å². The second-order valence-corrected chi connectivity index (χ2v) is 15.6. The van der Waals surface area contributed by atoms with Crippen molar-refractivity contribution in [2.24, 2.45) is 0 Å². The van der Waals surface area contributed by atoms with Crippen molar-refractivity contribution in [2.75, 3.05) is 13.1 Å². The molecule has 0 radical (unpaired) electrons. The summed E-state index contributed by atoms with van der Waals surface area (Å²) in [5, 5.41) is -13.2. The zero-order chi connectivity index (χ0) is 30.2. The van der Waals surface area contributed by atoms with Gasteiger partial charge in [0, 0.05) is 27.8 Å². The molecule has 1 fully saturated rings. The van der Waals surface area contributed by atoms with E-state index in [0.29, 0.717) is 6.42 Å². The second kappa shape index (κ2) is 11.2. The van der Waals surface area contributed by atoms with Gasteiger partial charge in [0.05, 0.1) is 0 Å². The number of halogens is 6. The highest BCUT2D eigenvalue weighted by atomic mass is 32.3. The number of nitrogens with zero attached hydrogens (tertiary/aromatic N) is 1. The van der Waals surface area contributed by atoms with Gasteiger partial charge in [-0.2, -0.15) is 39.1 Å². The fourth-order valence-corrected chi connectivity index (χ4v) is 11.1. The van der Waals surface area contributed by atoms with Crippen LogP contribution < -0.4 is 0 Å². The lowest BCUT2D eigenvalue weighted by atomic mass is 10.2. The van der Waals surface area contributed by atoms with Crippen molar-refractivity contribution in [3.05, 3.63) is 91.0 Å². The third-order valence-electron chi connectivity index (χ3n) is 6.44. The van der Waals surface area contributed by atoms with Crippen molar-refractivity contribution in [1.82, 2.24) is 4.31 Å². The first-order chi connectivity index (χ1) is 19.1. The van der Waals surface area contributed by atoms with Crippen LogP contribution in [0, 0.1) is 0 Å². The maximum absolute atomic E-state index is 15.4. The molecule has 3 aromatic carbocycles. The Kier molecular flexibility index (Phi) is 8.60. The maximum Gasteiger partial charge on any atom is 0.440 e. The standard InChI is InChI=1S/C26H25F6NO5S3/c27-24(28,25(29,30)40(34,35)33-19-11-4-12-20-33)26(31,32)41(36,37)38-39(21-13-5-1-6-14-21,22-15-7-2-8-16-22)23-17-9-3-10-18-23/h1-3,5-10,13-18H,4,11-12,19-20H2. The Labute approximate surface area is 235 Å². The van der Waals surface area contributed by atoms with E-state index in [-0.39, 0.29) is 31.8 Å². The van der Waals surface area contributed by atoms with E-state index in [1.165, 1.54) is 91.0 Å². The molecule has 0 bridgehead atoms. The van der Waals surface area contributed by atoms with Gasteiger partial charge < -0.3 is 0 Å². The summed E-state index contributed by atoms with van der Waals surface area (Å²) in [6.45, 7) is -1.21. The lowest BCUT2D eigenvalue weighted by Gasteiger charge is -2.41. The summed E-state index contributed by atoms with van der Waals surface area (Å²) in [6.07, 6.45) is 0.487. The molecular formula is C26H25F6NO5S3. The molecule has 1 aliphatic heterocycles. The number of alkyl halides is 6. The van der Waals surface area contributed by atoms with E-state index < -0.39 is 60.0 Å². The van der Waals surface area contributed by atoms with E-state index in [9.17, 15) is 16.8 Å². The molecule has 0 spiro atoms. The molecule has 4 rings (SSSR count). The van der Waals surface area contributed by atoms with E-state index in [1.807, 2.05) is 0 Å². The monoisotopic (exact) mass is 641 g/mol. The predicted molar refractivity (Wildman–Crippen MR) is 141 cm³/mol. The van der Waals surface area contributed by atoms with Gasteiger partial charge in [-0.15, -0.1) is 0 Å². The minimum absolute atomic E-state index is 0.0264. The van der Waals surface area contributed by atoms with Crippen LogP contribution >= 0.6 is 10.3 Å². The first-order valence-corrected chi connectivity index (χ1v) is 16.6. The lowest BCUT2D eigenvalue weighted by Crippen LogP contribution is -2.63. The van der Waals surface area contributed by atoms with E-state index in [2.05, 4.69) is 0 Å². The van der Waals surface area contributed by atoms with Crippen LogP contribution in [0.15, 0.2) is 106 Å². The van der Waals surface area contributed by atoms with Crippen LogP contribution in [0.4, 0.5) is 26.3 Å². The number of benzene rings is 3. The quantitative estimate of drug-likeness (QED) is 0.226. The molecule has 0 aliphatic carbocycles. The molecule has 1 saturated heterocycles. The van der Waals surface area contributed by atoms with Gasteiger partial charge in [-0.25, -0.2) is 12.0 Å². The smallest absolute Gasteiger partial charge is 0.206 e. The van der Waals surface area contributed by atoms with Crippen molar-refractivity contribution < 1.29 is 46.8 Å². The Morgan fingerprint density at radius 3 is 1.29 bits per heavy atom. The number of piperidine rings is 1. The van der Waals surface area contributed by atoms with Gasteiger partial charge >= 0.3 is 26.5 Å². The topological polar surface area (TPSA) is 80.8 Å². The number of hydrogen-bond acceptors (Lipinski definition) is 5.